The van der Waals surface area contributed by atoms with Gasteiger partial charge in [0, 0.05) is 19.1 Å². The van der Waals surface area contributed by atoms with Crippen molar-refractivity contribution in [1.82, 2.24) is 9.80 Å². The fraction of sp³-hybridized carbons (Fsp3) is 0.952. The van der Waals surface area contributed by atoms with Crippen molar-refractivity contribution in [3.05, 3.63) is 0 Å². The molecule has 4 aliphatic carbocycles. The molecule has 0 spiro atoms. The van der Waals surface area contributed by atoms with Crippen molar-refractivity contribution in [2.45, 2.75) is 76.7 Å². The molecule has 3 heteroatoms. The monoisotopic (exact) mass is 330 g/mol. The number of nitrogens with zero attached hydrogens (tertiary/aromatic N) is 2. The first-order chi connectivity index (χ1) is 11.7. The maximum absolute atomic E-state index is 13.4. The Bertz CT molecular complexity index is 453. The smallest absolute Gasteiger partial charge is 0.228 e. The topological polar surface area (TPSA) is 23.6 Å². The highest BCUT2D eigenvalue weighted by molar-refractivity contribution is 5.83. The molecule has 0 aromatic carbocycles. The second-order valence-electron chi connectivity index (χ2n) is 9.82. The zero-order chi connectivity index (χ0) is 16.1. The minimum absolute atomic E-state index is 0.0761. The molecule has 6 aliphatic rings. The van der Waals surface area contributed by atoms with Crippen molar-refractivity contribution in [3.63, 3.8) is 0 Å². The van der Waals surface area contributed by atoms with E-state index in [1.54, 1.807) is 0 Å². The van der Waals surface area contributed by atoms with E-state index in [4.69, 9.17) is 0 Å². The lowest BCUT2D eigenvalue weighted by Crippen LogP contribution is -2.57. The van der Waals surface area contributed by atoms with E-state index in [2.05, 4.69) is 9.80 Å². The number of carbonyl (C=O) groups is 1. The van der Waals surface area contributed by atoms with Crippen LogP contribution in [0, 0.1) is 23.2 Å². The molecule has 0 aromatic rings. The average Bonchev–Trinajstić information content (AvgIpc) is 2.61. The maximum Gasteiger partial charge on any atom is 0.228 e. The van der Waals surface area contributed by atoms with Crippen LogP contribution >= 0.6 is 0 Å². The standard InChI is InChI=1S/C21H34N2O/c24-20(21-13-16-10-17(14-21)12-18(11-16)15-21)23-8-4-19(5-9-23)22-6-2-1-3-7-22/h16-19H,1-15H2. The Morgan fingerprint density at radius 2 is 1.29 bits per heavy atom. The minimum Gasteiger partial charge on any atom is -0.342 e. The van der Waals surface area contributed by atoms with Crippen molar-refractivity contribution in [3.8, 4) is 0 Å². The van der Waals surface area contributed by atoms with Gasteiger partial charge in [0.1, 0.15) is 0 Å². The molecule has 4 saturated carbocycles. The molecule has 6 fully saturated rings. The summed E-state index contributed by atoms with van der Waals surface area (Å²) in [7, 11) is 0. The molecular weight excluding hydrogens is 296 g/mol. The molecule has 2 saturated heterocycles. The summed E-state index contributed by atoms with van der Waals surface area (Å²) >= 11 is 0. The lowest BCUT2D eigenvalue weighted by atomic mass is 9.49. The van der Waals surface area contributed by atoms with E-state index in [0.29, 0.717) is 5.91 Å². The third kappa shape index (κ3) is 2.62. The van der Waals surface area contributed by atoms with Crippen LogP contribution in [0.15, 0.2) is 0 Å². The highest BCUT2D eigenvalue weighted by atomic mass is 16.2. The molecule has 0 aromatic heterocycles. The summed E-state index contributed by atoms with van der Waals surface area (Å²) in [4.78, 5) is 18.5. The largest absolute Gasteiger partial charge is 0.342 e. The molecule has 1 amide bonds. The van der Waals surface area contributed by atoms with Gasteiger partial charge in [-0.3, -0.25) is 4.79 Å². The van der Waals surface area contributed by atoms with Crippen LogP contribution in [0.1, 0.15) is 70.6 Å². The number of piperidine rings is 2. The molecular formula is C21H34N2O. The van der Waals surface area contributed by atoms with Crippen molar-refractivity contribution in [1.29, 1.82) is 0 Å². The number of likely N-dealkylation sites (tertiary alicyclic amines) is 2. The molecule has 0 unspecified atom stereocenters. The van der Waals surface area contributed by atoms with E-state index in [9.17, 15) is 4.79 Å². The average molecular weight is 331 g/mol. The zero-order valence-electron chi connectivity index (χ0n) is 15.2. The number of hydrogen-bond acceptors (Lipinski definition) is 2. The number of rotatable bonds is 2. The van der Waals surface area contributed by atoms with Gasteiger partial charge in [0.15, 0.2) is 0 Å². The number of hydrogen-bond donors (Lipinski definition) is 0. The van der Waals surface area contributed by atoms with E-state index in [1.807, 2.05) is 0 Å². The number of amides is 1. The maximum atomic E-state index is 13.4. The molecule has 3 nitrogen and oxygen atoms in total. The highest BCUT2D eigenvalue weighted by Crippen LogP contribution is 2.60. The molecule has 4 bridgehead atoms. The van der Waals surface area contributed by atoms with Crippen molar-refractivity contribution < 1.29 is 4.79 Å². The van der Waals surface area contributed by atoms with Crippen LogP contribution in [-0.2, 0) is 4.79 Å². The van der Waals surface area contributed by atoms with Crippen LogP contribution in [0.2, 0.25) is 0 Å². The summed E-state index contributed by atoms with van der Waals surface area (Å²) in [5.74, 6) is 3.21. The Labute approximate surface area is 147 Å². The first-order valence-corrected chi connectivity index (χ1v) is 10.8. The van der Waals surface area contributed by atoms with Crippen LogP contribution in [0.25, 0.3) is 0 Å². The second-order valence-corrected chi connectivity index (χ2v) is 9.82. The zero-order valence-corrected chi connectivity index (χ0v) is 15.2. The SMILES string of the molecule is O=C(N1CCC(N2CCCCC2)CC1)C12CC3CC(CC(C3)C1)C2. The second kappa shape index (κ2) is 6.00. The summed E-state index contributed by atoms with van der Waals surface area (Å²) in [5.41, 5.74) is 0.0761. The molecule has 6 rings (SSSR count). The van der Waals surface area contributed by atoms with Gasteiger partial charge in [-0.1, -0.05) is 6.42 Å². The van der Waals surface area contributed by atoms with E-state index < -0.39 is 0 Å². The summed E-state index contributed by atoms with van der Waals surface area (Å²) < 4.78 is 0. The Morgan fingerprint density at radius 1 is 0.750 bits per heavy atom. The summed E-state index contributed by atoms with van der Waals surface area (Å²) in [6.07, 6.45) is 14.6. The van der Waals surface area contributed by atoms with Gasteiger partial charge in [-0.05, 0) is 95.1 Å². The van der Waals surface area contributed by atoms with E-state index in [-0.39, 0.29) is 5.41 Å². The van der Waals surface area contributed by atoms with Gasteiger partial charge in [0.2, 0.25) is 5.91 Å². The Hall–Kier alpha value is -0.570. The predicted octanol–water partition coefficient (Wildman–Crippen LogP) is 3.68. The molecule has 134 valence electrons. The van der Waals surface area contributed by atoms with Crippen LogP contribution in [-0.4, -0.2) is 47.9 Å². The molecule has 24 heavy (non-hydrogen) atoms. The Kier molecular flexibility index (Phi) is 3.92. The van der Waals surface area contributed by atoms with Gasteiger partial charge in [-0.15, -0.1) is 0 Å². The third-order valence-electron chi connectivity index (χ3n) is 8.15. The normalized spacial score (nSPS) is 43.3. The first-order valence-electron chi connectivity index (χ1n) is 10.8. The Morgan fingerprint density at radius 3 is 1.83 bits per heavy atom. The van der Waals surface area contributed by atoms with Crippen molar-refractivity contribution in [2.24, 2.45) is 23.2 Å². The molecule has 2 aliphatic heterocycles. The van der Waals surface area contributed by atoms with Crippen molar-refractivity contribution >= 4 is 5.91 Å². The molecule has 0 atom stereocenters. The molecule has 0 N–H and O–H groups in total. The highest BCUT2D eigenvalue weighted by Gasteiger charge is 2.55. The quantitative estimate of drug-likeness (QED) is 0.771. The third-order valence-corrected chi connectivity index (χ3v) is 8.15. The lowest BCUT2D eigenvalue weighted by molar-refractivity contribution is -0.159. The van der Waals surface area contributed by atoms with Crippen LogP contribution in [0.5, 0.6) is 0 Å². The van der Waals surface area contributed by atoms with Gasteiger partial charge in [0.25, 0.3) is 0 Å². The van der Waals surface area contributed by atoms with Crippen LogP contribution in [0.3, 0.4) is 0 Å². The lowest BCUT2D eigenvalue weighted by Gasteiger charge is -2.57. The van der Waals surface area contributed by atoms with Crippen LogP contribution < -0.4 is 0 Å². The van der Waals surface area contributed by atoms with E-state index in [1.165, 1.54) is 83.7 Å². The molecule has 0 radical (unpaired) electrons. The summed E-state index contributed by atoms with van der Waals surface area (Å²) in [5, 5.41) is 0. The van der Waals surface area contributed by atoms with Gasteiger partial charge in [0.05, 0.1) is 5.41 Å². The van der Waals surface area contributed by atoms with E-state index >= 15 is 0 Å². The fourth-order valence-electron chi connectivity index (χ4n) is 7.43. The Balaban J connectivity index is 1.23. The summed E-state index contributed by atoms with van der Waals surface area (Å²) in [6.45, 7) is 4.66. The first kappa shape index (κ1) is 15.7. The van der Waals surface area contributed by atoms with Gasteiger partial charge in [-0.2, -0.15) is 0 Å². The van der Waals surface area contributed by atoms with E-state index in [0.717, 1.165) is 36.9 Å². The van der Waals surface area contributed by atoms with Gasteiger partial charge < -0.3 is 9.80 Å². The summed E-state index contributed by atoms with van der Waals surface area (Å²) in [6, 6.07) is 0.755. The van der Waals surface area contributed by atoms with Gasteiger partial charge in [-0.25, -0.2) is 0 Å². The number of carbonyl (C=O) groups excluding carboxylic acids is 1. The van der Waals surface area contributed by atoms with Gasteiger partial charge >= 0.3 is 0 Å². The predicted molar refractivity (Wildman–Crippen MR) is 95.6 cm³/mol. The van der Waals surface area contributed by atoms with Crippen LogP contribution in [0.4, 0.5) is 0 Å². The molecule has 2 heterocycles. The fourth-order valence-corrected chi connectivity index (χ4v) is 7.43. The van der Waals surface area contributed by atoms with Crippen molar-refractivity contribution in [2.75, 3.05) is 26.2 Å². The minimum atomic E-state index is 0.0761.